The van der Waals surface area contributed by atoms with Gasteiger partial charge in [0.2, 0.25) is 0 Å². The maximum atomic E-state index is 3.70. The van der Waals surface area contributed by atoms with Crippen LogP contribution in [0.4, 0.5) is 0 Å². The molecule has 1 nitrogen and oxygen atoms in total. The lowest BCUT2D eigenvalue weighted by atomic mass is 9.86. The second kappa shape index (κ2) is 6.09. The van der Waals surface area contributed by atoms with Gasteiger partial charge in [-0.1, -0.05) is 57.9 Å². The first kappa shape index (κ1) is 14.6. The van der Waals surface area contributed by atoms with Crippen LogP contribution in [0.15, 0.2) is 24.3 Å². The van der Waals surface area contributed by atoms with E-state index in [9.17, 15) is 0 Å². The average molecular weight is 259 g/mol. The topological polar surface area (TPSA) is 12.0 Å². The van der Waals surface area contributed by atoms with Gasteiger partial charge in [-0.25, -0.2) is 0 Å². The van der Waals surface area contributed by atoms with Gasteiger partial charge in [0.05, 0.1) is 0 Å². The summed E-state index contributed by atoms with van der Waals surface area (Å²) in [5, 5.41) is 3.70. The zero-order valence-electron chi connectivity index (χ0n) is 13.0. The molecule has 0 radical (unpaired) electrons. The fourth-order valence-electron chi connectivity index (χ4n) is 2.95. The van der Waals surface area contributed by atoms with Crippen LogP contribution in [0.3, 0.4) is 0 Å². The van der Waals surface area contributed by atoms with Gasteiger partial charge < -0.3 is 5.32 Å². The summed E-state index contributed by atoms with van der Waals surface area (Å²) in [5.41, 5.74) is 3.07. The first-order valence-electron chi connectivity index (χ1n) is 7.80. The largest absolute Gasteiger partial charge is 0.310 e. The minimum Gasteiger partial charge on any atom is -0.310 e. The van der Waals surface area contributed by atoms with Crippen LogP contribution in [-0.4, -0.2) is 6.54 Å². The lowest BCUT2D eigenvalue weighted by Gasteiger charge is -2.21. The van der Waals surface area contributed by atoms with Gasteiger partial charge in [-0.2, -0.15) is 0 Å². The van der Waals surface area contributed by atoms with E-state index in [1.165, 1.54) is 43.4 Å². The molecule has 0 amide bonds. The Hall–Kier alpha value is -0.820. The average Bonchev–Trinajstić information content (AvgIpc) is 2.88. The van der Waals surface area contributed by atoms with Gasteiger partial charge in [-0.15, -0.1) is 0 Å². The molecule has 1 unspecified atom stereocenters. The van der Waals surface area contributed by atoms with Gasteiger partial charge in [0.15, 0.2) is 0 Å². The molecule has 19 heavy (non-hydrogen) atoms. The smallest absolute Gasteiger partial charge is 0.0291 e. The Balaban J connectivity index is 1.89. The van der Waals surface area contributed by atoms with Crippen molar-refractivity contribution in [3.63, 3.8) is 0 Å². The van der Waals surface area contributed by atoms with Crippen molar-refractivity contribution in [2.45, 2.75) is 64.8 Å². The van der Waals surface area contributed by atoms with Crippen LogP contribution in [0.1, 0.15) is 70.5 Å². The fourth-order valence-corrected chi connectivity index (χ4v) is 2.95. The van der Waals surface area contributed by atoms with Gasteiger partial charge in [-0.05, 0) is 48.8 Å². The van der Waals surface area contributed by atoms with E-state index in [1.807, 2.05) is 0 Å². The summed E-state index contributed by atoms with van der Waals surface area (Å²) in [4.78, 5) is 0. The molecule has 106 valence electrons. The zero-order valence-corrected chi connectivity index (χ0v) is 13.0. The molecule has 1 aliphatic carbocycles. The second-order valence-corrected chi connectivity index (χ2v) is 7.15. The summed E-state index contributed by atoms with van der Waals surface area (Å²) in [5.74, 6) is 0.913. The number of hydrogen-bond acceptors (Lipinski definition) is 1. The Kier molecular flexibility index (Phi) is 4.67. The number of hydrogen-bond donors (Lipinski definition) is 1. The molecular weight excluding hydrogens is 230 g/mol. The van der Waals surface area contributed by atoms with Gasteiger partial charge in [0, 0.05) is 6.04 Å². The van der Waals surface area contributed by atoms with E-state index >= 15 is 0 Å². The van der Waals surface area contributed by atoms with E-state index in [1.54, 1.807) is 0 Å². The molecule has 1 aromatic carbocycles. The molecule has 0 heterocycles. The summed E-state index contributed by atoms with van der Waals surface area (Å²) in [7, 11) is 0. The monoisotopic (exact) mass is 259 g/mol. The van der Waals surface area contributed by atoms with E-state index < -0.39 is 0 Å². The van der Waals surface area contributed by atoms with E-state index in [4.69, 9.17) is 0 Å². The Morgan fingerprint density at radius 2 is 1.68 bits per heavy atom. The lowest BCUT2D eigenvalue weighted by Crippen LogP contribution is -2.24. The molecule has 1 atom stereocenters. The van der Waals surface area contributed by atoms with Crippen molar-refractivity contribution in [1.82, 2.24) is 5.32 Å². The highest BCUT2D eigenvalue weighted by Gasteiger charge is 2.17. The summed E-state index contributed by atoms with van der Waals surface area (Å²) in [6, 6.07) is 9.60. The van der Waals surface area contributed by atoms with Crippen molar-refractivity contribution < 1.29 is 0 Å². The molecular formula is C18H29N. The highest BCUT2D eigenvalue weighted by Crippen LogP contribution is 2.26. The first-order valence-corrected chi connectivity index (χ1v) is 7.80. The van der Waals surface area contributed by atoms with Gasteiger partial charge in [-0.3, -0.25) is 0 Å². The van der Waals surface area contributed by atoms with Crippen molar-refractivity contribution in [3.05, 3.63) is 35.4 Å². The molecule has 0 spiro atoms. The van der Waals surface area contributed by atoms with Gasteiger partial charge in [0.25, 0.3) is 0 Å². The molecule has 1 heteroatoms. The van der Waals surface area contributed by atoms with Crippen LogP contribution in [-0.2, 0) is 5.41 Å². The summed E-state index contributed by atoms with van der Waals surface area (Å²) < 4.78 is 0. The normalized spacial score (nSPS) is 18.7. The molecule has 0 aliphatic heterocycles. The van der Waals surface area contributed by atoms with E-state index in [0.29, 0.717) is 6.04 Å². The zero-order chi connectivity index (χ0) is 13.9. The fraction of sp³-hybridized carbons (Fsp3) is 0.667. The highest BCUT2D eigenvalue weighted by molar-refractivity contribution is 5.29. The van der Waals surface area contributed by atoms with Crippen molar-refractivity contribution in [3.8, 4) is 0 Å². The quantitative estimate of drug-likeness (QED) is 0.817. The maximum absolute atomic E-state index is 3.70. The van der Waals surface area contributed by atoms with Crippen molar-refractivity contribution in [2.24, 2.45) is 5.92 Å². The predicted octanol–water partition coefficient (Wildman–Crippen LogP) is 4.82. The molecule has 1 saturated carbocycles. The van der Waals surface area contributed by atoms with Crippen LogP contribution >= 0.6 is 0 Å². The summed E-state index contributed by atoms with van der Waals surface area (Å²) in [6.45, 7) is 10.3. The highest BCUT2D eigenvalue weighted by atomic mass is 14.9. The van der Waals surface area contributed by atoms with Gasteiger partial charge >= 0.3 is 0 Å². The standard InChI is InChI=1S/C18H29N/c1-14(19-13-15-7-5-6-8-15)16-9-11-17(12-10-16)18(2,3)4/h9-12,14-15,19H,5-8,13H2,1-4H3. The molecule has 1 N–H and O–H groups in total. The minimum atomic E-state index is 0.249. The SMILES string of the molecule is CC(NCC1CCCC1)c1ccc(C(C)(C)C)cc1. The first-order chi connectivity index (χ1) is 8.97. The van der Waals surface area contributed by atoms with Crippen LogP contribution in [0.5, 0.6) is 0 Å². The van der Waals surface area contributed by atoms with E-state index in [-0.39, 0.29) is 5.41 Å². The predicted molar refractivity (Wildman–Crippen MR) is 83.5 cm³/mol. The molecule has 0 aromatic heterocycles. The van der Waals surface area contributed by atoms with Crippen LogP contribution in [0.2, 0.25) is 0 Å². The van der Waals surface area contributed by atoms with Gasteiger partial charge in [0.1, 0.15) is 0 Å². The van der Waals surface area contributed by atoms with Crippen LogP contribution in [0.25, 0.3) is 0 Å². The van der Waals surface area contributed by atoms with E-state index in [0.717, 1.165) is 5.92 Å². The minimum absolute atomic E-state index is 0.249. The van der Waals surface area contributed by atoms with E-state index in [2.05, 4.69) is 57.3 Å². The molecule has 0 saturated heterocycles. The molecule has 0 bridgehead atoms. The molecule has 2 rings (SSSR count). The molecule has 1 aromatic rings. The van der Waals surface area contributed by atoms with Crippen LogP contribution in [0, 0.1) is 5.92 Å². The summed E-state index contributed by atoms with van der Waals surface area (Å²) in [6.07, 6.45) is 5.70. The summed E-state index contributed by atoms with van der Waals surface area (Å²) >= 11 is 0. The molecule has 1 aliphatic rings. The third kappa shape index (κ3) is 4.07. The van der Waals surface area contributed by atoms with Crippen LogP contribution < -0.4 is 5.32 Å². The van der Waals surface area contributed by atoms with Crippen molar-refractivity contribution in [1.29, 1.82) is 0 Å². The lowest BCUT2D eigenvalue weighted by molar-refractivity contribution is 0.452. The Morgan fingerprint density at radius 3 is 2.21 bits per heavy atom. The number of benzene rings is 1. The third-order valence-electron chi connectivity index (χ3n) is 4.46. The number of rotatable bonds is 4. The Bertz CT molecular complexity index is 379. The Labute approximate surface area is 118 Å². The third-order valence-corrected chi connectivity index (χ3v) is 4.46. The molecule has 1 fully saturated rings. The maximum Gasteiger partial charge on any atom is 0.0291 e. The van der Waals surface area contributed by atoms with Crippen molar-refractivity contribution >= 4 is 0 Å². The second-order valence-electron chi connectivity index (χ2n) is 7.15. The Morgan fingerprint density at radius 1 is 1.11 bits per heavy atom. The number of nitrogens with one attached hydrogen (secondary N) is 1. The van der Waals surface area contributed by atoms with Crippen molar-refractivity contribution in [2.75, 3.05) is 6.54 Å².